The topological polar surface area (TPSA) is 123 Å². The van der Waals surface area contributed by atoms with Crippen molar-refractivity contribution < 1.29 is 22.9 Å². The zero-order valence-electron chi connectivity index (χ0n) is 14.8. The number of nitro groups is 1. The summed E-state index contributed by atoms with van der Waals surface area (Å²) in [5.41, 5.74) is 1.19. The molecule has 0 heterocycles. The van der Waals surface area contributed by atoms with E-state index in [1.54, 1.807) is 0 Å². The molecule has 0 saturated carbocycles. The first kappa shape index (κ1) is 23.0. The Hall–Kier alpha value is -2.00. The number of ketones is 1. The molecule has 1 rings (SSSR count). The quantitative estimate of drug-likeness (QED) is 0.178. The van der Waals surface area contributed by atoms with Crippen LogP contribution in [0.2, 0.25) is 0 Å². The van der Waals surface area contributed by atoms with Crippen LogP contribution in [0.5, 0.6) is 0 Å². The molecule has 1 aromatic rings. The van der Waals surface area contributed by atoms with Gasteiger partial charge in [0.25, 0.3) is 0 Å². The van der Waals surface area contributed by atoms with Crippen LogP contribution in [0.25, 0.3) is 0 Å². The second-order valence-electron chi connectivity index (χ2n) is 5.94. The van der Waals surface area contributed by atoms with Gasteiger partial charge in [0.2, 0.25) is 15.7 Å². The molecule has 146 valence electrons. The third-order valence-electron chi connectivity index (χ3n) is 3.65. The number of hydrogen-bond donors (Lipinski definition) is 1. The van der Waals surface area contributed by atoms with Crippen molar-refractivity contribution in [3.8, 4) is 12.3 Å². The number of sulfone groups is 1. The van der Waals surface area contributed by atoms with Gasteiger partial charge < -0.3 is 5.32 Å². The van der Waals surface area contributed by atoms with E-state index in [2.05, 4.69) is 11.2 Å². The fourth-order valence-electron chi connectivity index (χ4n) is 2.76. The molecule has 0 fully saturated rings. The molecule has 1 unspecified atom stereocenters. The highest BCUT2D eigenvalue weighted by atomic mass is 127. The lowest BCUT2D eigenvalue weighted by Crippen LogP contribution is -2.41. The third kappa shape index (κ3) is 6.59. The van der Waals surface area contributed by atoms with Crippen LogP contribution >= 0.6 is 22.6 Å². The zero-order chi connectivity index (χ0) is 20.8. The Morgan fingerprint density at radius 1 is 1.33 bits per heavy atom. The first-order chi connectivity index (χ1) is 12.5. The van der Waals surface area contributed by atoms with E-state index >= 15 is 0 Å². The van der Waals surface area contributed by atoms with E-state index in [0.717, 1.165) is 0 Å². The molecule has 0 saturated heterocycles. The number of carbonyl (C=O) groups excluding carboxylic acids is 2. The van der Waals surface area contributed by atoms with Gasteiger partial charge in [0.15, 0.2) is 5.78 Å². The van der Waals surface area contributed by atoms with Gasteiger partial charge in [-0.15, -0.1) is 12.3 Å². The summed E-state index contributed by atoms with van der Waals surface area (Å²) in [7, 11) is -4.08. The van der Waals surface area contributed by atoms with E-state index < -0.39 is 26.7 Å². The summed E-state index contributed by atoms with van der Waals surface area (Å²) >= 11 is 1.87. The number of hydrogen-bond acceptors (Lipinski definition) is 6. The highest BCUT2D eigenvalue weighted by Gasteiger charge is 2.26. The van der Waals surface area contributed by atoms with Gasteiger partial charge in [0.1, 0.15) is 0 Å². The van der Waals surface area contributed by atoms with Crippen LogP contribution in [0.15, 0.2) is 17.0 Å². The summed E-state index contributed by atoms with van der Waals surface area (Å²) < 4.78 is 24.6. The van der Waals surface area contributed by atoms with E-state index in [9.17, 15) is 28.1 Å². The van der Waals surface area contributed by atoms with E-state index in [1.807, 2.05) is 22.6 Å². The Labute approximate surface area is 171 Å². The van der Waals surface area contributed by atoms with Gasteiger partial charge in [0.05, 0.1) is 15.4 Å². The lowest BCUT2D eigenvalue weighted by atomic mass is 9.98. The molecule has 0 aliphatic rings. The maximum atomic E-state index is 12.5. The van der Waals surface area contributed by atoms with Gasteiger partial charge in [-0.2, -0.15) is 0 Å². The molecule has 1 amide bonds. The molecule has 0 bridgehead atoms. The maximum Gasteiger partial charge on any atom is 0.305 e. The number of rotatable bonds is 9. The molecular formula is C17H19IN2O6S. The van der Waals surface area contributed by atoms with E-state index in [1.165, 1.54) is 26.0 Å². The molecule has 1 atom stereocenters. The Kier molecular flexibility index (Phi) is 8.36. The molecule has 0 aromatic heterocycles. The second kappa shape index (κ2) is 9.80. The molecule has 8 nitrogen and oxygen atoms in total. The van der Waals surface area contributed by atoms with E-state index in [-0.39, 0.29) is 33.9 Å². The average Bonchev–Trinajstić information content (AvgIpc) is 2.51. The number of nitrogens with one attached hydrogen (secondary N) is 1. The summed E-state index contributed by atoms with van der Waals surface area (Å²) in [6, 6.07) is 2.19. The van der Waals surface area contributed by atoms with Gasteiger partial charge in [-0.3, -0.25) is 19.7 Å². The fourth-order valence-corrected chi connectivity index (χ4v) is 4.48. The number of aryl methyl sites for hydroxylation is 2. The van der Waals surface area contributed by atoms with Crippen molar-refractivity contribution in [2.75, 3.05) is 10.3 Å². The Bertz CT molecular complexity index is 881. The number of amides is 1. The van der Waals surface area contributed by atoms with Crippen LogP contribution in [0.3, 0.4) is 0 Å². The summed E-state index contributed by atoms with van der Waals surface area (Å²) in [6.07, 6.45) is 5.26. The number of Topliss-reactive ketones (excluding diaryl/α,β-unsaturated/α-hetero) is 1. The fraction of sp³-hybridized carbons (Fsp3) is 0.412. The van der Waals surface area contributed by atoms with Crippen LogP contribution in [-0.2, 0) is 25.8 Å². The Morgan fingerprint density at radius 2 is 1.89 bits per heavy atom. The maximum absolute atomic E-state index is 12.5. The van der Waals surface area contributed by atoms with Gasteiger partial charge in [-0.25, -0.2) is 8.42 Å². The summed E-state index contributed by atoms with van der Waals surface area (Å²) in [5, 5.41) is 13.2. The monoisotopic (exact) mass is 506 g/mol. The van der Waals surface area contributed by atoms with Gasteiger partial charge in [0, 0.05) is 17.8 Å². The number of benzene rings is 1. The van der Waals surface area contributed by atoms with Crippen molar-refractivity contribution in [1.82, 2.24) is 5.32 Å². The van der Waals surface area contributed by atoms with Crippen molar-refractivity contribution in [2.45, 2.75) is 37.6 Å². The molecule has 1 aromatic carbocycles. The van der Waals surface area contributed by atoms with Crippen LogP contribution in [0.4, 0.5) is 0 Å². The average molecular weight is 506 g/mol. The van der Waals surface area contributed by atoms with Gasteiger partial charge in [-0.05, 0) is 30.5 Å². The molecule has 1 N–H and O–H groups in total. The standard InChI is InChI=1S/C17H19IN2O6S/c1-4-5-14(19-16(22)9-18)15(21)8-13-6-11(2)17(12(3)7-13)27(25,26)10-20(23)24/h1,6-7,14H,5,8-10H2,2-3H3,(H,19,22). The number of alkyl halides is 1. The summed E-state index contributed by atoms with van der Waals surface area (Å²) in [4.78, 5) is 33.6. The van der Waals surface area contributed by atoms with Crippen LogP contribution in [0.1, 0.15) is 23.1 Å². The number of carbonyl (C=O) groups is 2. The largest absolute Gasteiger partial charge is 0.345 e. The number of terminal acetylenes is 1. The predicted molar refractivity (Wildman–Crippen MR) is 108 cm³/mol. The Morgan fingerprint density at radius 3 is 2.33 bits per heavy atom. The van der Waals surface area contributed by atoms with E-state index in [4.69, 9.17) is 6.42 Å². The minimum Gasteiger partial charge on any atom is -0.345 e. The highest BCUT2D eigenvalue weighted by Crippen LogP contribution is 2.24. The normalized spacial score (nSPS) is 12.1. The van der Waals surface area contributed by atoms with Crippen LogP contribution in [-0.4, -0.2) is 41.4 Å². The highest BCUT2D eigenvalue weighted by molar-refractivity contribution is 14.1. The smallest absolute Gasteiger partial charge is 0.305 e. The summed E-state index contributed by atoms with van der Waals surface area (Å²) in [6.45, 7) is 3.04. The molecule has 0 aliphatic heterocycles. The molecular weight excluding hydrogens is 487 g/mol. The van der Waals surface area contributed by atoms with Crippen molar-refractivity contribution in [3.05, 3.63) is 38.9 Å². The molecule has 0 aliphatic carbocycles. The minimum atomic E-state index is -4.08. The lowest BCUT2D eigenvalue weighted by Gasteiger charge is -2.16. The summed E-state index contributed by atoms with van der Waals surface area (Å²) in [5.74, 6) is 0.550. The SMILES string of the molecule is C#CCC(NC(=O)CI)C(=O)Cc1cc(C)c(S(=O)(=O)C[N+](=O)[O-])c(C)c1. The Balaban J connectivity index is 3.13. The molecule has 0 radical (unpaired) electrons. The lowest BCUT2D eigenvalue weighted by molar-refractivity contribution is -0.458. The van der Waals surface area contributed by atoms with Crippen molar-refractivity contribution in [1.29, 1.82) is 0 Å². The number of nitrogens with zero attached hydrogens (tertiary/aromatic N) is 1. The molecule has 10 heteroatoms. The number of halogens is 1. The van der Waals surface area contributed by atoms with Crippen LogP contribution < -0.4 is 5.32 Å². The minimum absolute atomic E-state index is 0.0501. The third-order valence-corrected chi connectivity index (χ3v) is 6.16. The first-order valence-electron chi connectivity index (χ1n) is 7.78. The zero-order valence-corrected chi connectivity index (χ0v) is 17.8. The molecule has 0 spiro atoms. The second-order valence-corrected chi connectivity index (χ2v) is 8.60. The van der Waals surface area contributed by atoms with Crippen molar-refractivity contribution >= 4 is 44.1 Å². The van der Waals surface area contributed by atoms with E-state index in [0.29, 0.717) is 16.7 Å². The first-order valence-corrected chi connectivity index (χ1v) is 11.0. The predicted octanol–water partition coefficient (Wildman–Crippen LogP) is 1.37. The van der Waals surface area contributed by atoms with Gasteiger partial charge in [-0.1, -0.05) is 34.7 Å². The van der Waals surface area contributed by atoms with Gasteiger partial charge >= 0.3 is 5.88 Å². The molecule has 27 heavy (non-hydrogen) atoms. The van der Waals surface area contributed by atoms with Crippen molar-refractivity contribution in [2.24, 2.45) is 0 Å². The van der Waals surface area contributed by atoms with Crippen LogP contribution in [0, 0.1) is 36.3 Å². The van der Waals surface area contributed by atoms with Crippen molar-refractivity contribution in [3.63, 3.8) is 0 Å².